The third-order valence-electron chi connectivity index (χ3n) is 6.09. The molecule has 2 aromatic heterocycles. The van der Waals surface area contributed by atoms with Crippen LogP contribution in [0.1, 0.15) is 46.7 Å². The highest BCUT2D eigenvalue weighted by Crippen LogP contribution is 2.30. The molecule has 0 spiro atoms. The Balaban J connectivity index is 1.41. The van der Waals surface area contributed by atoms with Gasteiger partial charge in [-0.1, -0.05) is 30.3 Å². The van der Waals surface area contributed by atoms with Gasteiger partial charge in [0.1, 0.15) is 12.7 Å². The lowest BCUT2D eigenvalue weighted by Gasteiger charge is -2.25. The molecule has 4 aromatic rings. The van der Waals surface area contributed by atoms with Gasteiger partial charge in [0.15, 0.2) is 5.69 Å². The van der Waals surface area contributed by atoms with Crippen LogP contribution in [-0.2, 0) is 12.8 Å². The molecule has 0 saturated carbocycles. The Morgan fingerprint density at radius 3 is 2.52 bits per heavy atom. The Bertz CT molecular complexity index is 1200. The molecule has 31 heavy (non-hydrogen) atoms. The number of aromatic nitrogens is 5. The van der Waals surface area contributed by atoms with Gasteiger partial charge in [0.05, 0.1) is 17.4 Å². The molecule has 0 radical (unpaired) electrons. The van der Waals surface area contributed by atoms with E-state index in [0.29, 0.717) is 5.69 Å². The van der Waals surface area contributed by atoms with Gasteiger partial charge < -0.3 is 4.90 Å². The maximum absolute atomic E-state index is 13.4. The van der Waals surface area contributed by atoms with Crippen molar-refractivity contribution < 1.29 is 4.79 Å². The number of fused-ring (bicyclic) bond motifs is 1. The van der Waals surface area contributed by atoms with Crippen molar-refractivity contribution in [3.8, 4) is 11.4 Å². The third kappa shape index (κ3) is 3.42. The van der Waals surface area contributed by atoms with Crippen LogP contribution < -0.4 is 0 Å². The molecule has 0 bridgehead atoms. The van der Waals surface area contributed by atoms with Crippen molar-refractivity contribution in [2.24, 2.45) is 0 Å². The van der Waals surface area contributed by atoms with Crippen molar-refractivity contribution >= 4 is 5.91 Å². The van der Waals surface area contributed by atoms with E-state index in [1.807, 2.05) is 73.3 Å². The summed E-state index contributed by atoms with van der Waals surface area (Å²) in [6.07, 6.45) is 6.09. The Morgan fingerprint density at radius 1 is 1.03 bits per heavy atom. The van der Waals surface area contributed by atoms with Gasteiger partial charge in [0, 0.05) is 18.3 Å². The average molecular weight is 412 g/mol. The van der Waals surface area contributed by atoms with Gasteiger partial charge in [-0.25, -0.2) is 14.3 Å². The minimum atomic E-state index is -0.0868. The summed E-state index contributed by atoms with van der Waals surface area (Å²) in [5.74, 6) is -0.0410. The van der Waals surface area contributed by atoms with Crippen LogP contribution in [0.2, 0.25) is 0 Å². The number of benzene rings is 2. The van der Waals surface area contributed by atoms with Crippen molar-refractivity contribution in [2.75, 3.05) is 7.05 Å². The van der Waals surface area contributed by atoms with Crippen molar-refractivity contribution in [1.29, 1.82) is 0 Å². The van der Waals surface area contributed by atoms with Crippen molar-refractivity contribution in [2.45, 2.75) is 32.2 Å². The molecule has 5 rings (SSSR count). The molecule has 7 heteroatoms. The lowest BCUT2D eigenvalue weighted by molar-refractivity contribution is 0.0735. The fourth-order valence-electron chi connectivity index (χ4n) is 4.21. The Labute approximate surface area is 181 Å². The molecule has 0 N–H and O–H groups in total. The van der Waals surface area contributed by atoms with Gasteiger partial charge in [-0.3, -0.25) is 4.79 Å². The zero-order valence-electron chi connectivity index (χ0n) is 17.6. The van der Waals surface area contributed by atoms with E-state index in [1.54, 1.807) is 15.9 Å². The normalized spacial score (nSPS) is 13.7. The summed E-state index contributed by atoms with van der Waals surface area (Å²) in [4.78, 5) is 19.2. The first-order chi connectivity index (χ1) is 15.1. The van der Waals surface area contributed by atoms with E-state index in [9.17, 15) is 4.79 Å². The third-order valence-corrected chi connectivity index (χ3v) is 6.09. The minimum absolute atomic E-state index is 0.0410. The molecule has 0 saturated heterocycles. The second-order valence-electron chi connectivity index (χ2n) is 7.90. The predicted octanol–water partition coefficient (Wildman–Crippen LogP) is 3.77. The highest BCUT2D eigenvalue weighted by Gasteiger charge is 2.30. The molecule has 1 atom stereocenters. The number of hydrogen-bond donors (Lipinski definition) is 0. The zero-order chi connectivity index (χ0) is 21.4. The number of para-hydroxylation sites is 1. The lowest BCUT2D eigenvalue weighted by atomic mass is 10.1. The van der Waals surface area contributed by atoms with Crippen LogP contribution in [0.4, 0.5) is 0 Å². The number of hydrogen-bond acceptors (Lipinski definition) is 4. The summed E-state index contributed by atoms with van der Waals surface area (Å²) in [6.45, 7) is 2.04. The molecule has 0 aliphatic heterocycles. The van der Waals surface area contributed by atoms with Crippen molar-refractivity contribution in [3.63, 3.8) is 0 Å². The molecule has 0 unspecified atom stereocenters. The monoisotopic (exact) mass is 412 g/mol. The number of carbonyl (C=O) groups is 1. The van der Waals surface area contributed by atoms with E-state index in [-0.39, 0.29) is 11.9 Å². The lowest BCUT2D eigenvalue weighted by Crippen LogP contribution is -2.30. The van der Waals surface area contributed by atoms with Crippen LogP contribution in [0, 0.1) is 0 Å². The fourth-order valence-corrected chi connectivity index (χ4v) is 4.21. The number of carbonyl (C=O) groups excluding carboxylic acids is 1. The van der Waals surface area contributed by atoms with Gasteiger partial charge in [-0.05, 0) is 56.0 Å². The van der Waals surface area contributed by atoms with Gasteiger partial charge in [-0.15, -0.1) is 0 Å². The van der Waals surface area contributed by atoms with E-state index in [2.05, 4.69) is 10.1 Å². The first-order valence-electron chi connectivity index (χ1n) is 10.5. The van der Waals surface area contributed by atoms with E-state index < -0.39 is 0 Å². The standard InChI is InChI=1S/C24H24N6O/c1-17(18-11-13-19(14-12-18)29-16-25-15-26-29)28(2)24(31)23-21-9-6-10-22(21)30(27-23)20-7-4-3-5-8-20/h3-5,7-8,11-17H,6,9-10H2,1-2H3/t17-/m1/s1. The first-order valence-corrected chi connectivity index (χ1v) is 10.5. The van der Waals surface area contributed by atoms with E-state index >= 15 is 0 Å². The summed E-state index contributed by atoms with van der Waals surface area (Å²) in [6, 6.07) is 18.0. The molecule has 1 aliphatic carbocycles. The fraction of sp³-hybridized carbons (Fsp3) is 0.250. The molecule has 2 heterocycles. The van der Waals surface area contributed by atoms with Gasteiger partial charge in [0.25, 0.3) is 5.91 Å². The van der Waals surface area contributed by atoms with Crippen LogP contribution in [-0.4, -0.2) is 42.4 Å². The summed E-state index contributed by atoms with van der Waals surface area (Å²) < 4.78 is 3.66. The molecule has 1 amide bonds. The van der Waals surface area contributed by atoms with Crippen molar-refractivity contribution in [3.05, 3.63) is 89.8 Å². The van der Waals surface area contributed by atoms with Crippen molar-refractivity contribution in [1.82, 2.24) is 29.4 Å². The molecule has 156 valence electrons. The smallest absolute Gasteiger partial charge is 0.274 e. The highest BCUT2D eigenvalue weighted by atomic mass is 16.2. The topological polar surface area (TPSA) is 68.8 Å². The Morgan fingerprint density at radius 2 is 1.81 bits per heavy atom. The first kappa shape index (κ1) is 19.2. The van der Waals surface area contributed by atoms with Crippen LogP contribution in [0.25, 0.3) is 11.4 Å². The Kier molecular flexibility index (Phi) is 4.86. The predicted molar refractivity (Wildman–Crippen MR) is 117 cm³/mol. The second-order valence-corrected chi connectivity index (χ2v) is 7.90. The van der Waals surface area contributed by atoms with Crippen LogP contribution in [0.3, 0.4) is 0 Å². The van der Waals surface area contributed by atoms with Gasteiger partial charge >= 0.3 is 0 Å². The molecular formula is C24H24N6O. The summed E-state index contributed by atoms with van der Waals surface area (Å²) in [5.41, 5.74) is 5.81. The van der Waals surface area contributed by atoms with E-state index in [1.165, 1.54) is 6.33 Å². The quantitative estimate of drug-likeness (QED) is 0.500. The SMILES string of the molecule is C[C@H](c1ccc(-n2cncn2)cc1)N(C)C(=O)c1nn(-c2ccccc2)c2c1CCC2. The number of rotatable bonds is 5. The maximum Gasteiger partial charge on any atom is 0.274 e. The maximum atomic E-state index is 13.4. The molecule has 7 nitrogen and oxygen atoms in total. The van der Waals surface area contributed by atoms with E-state index in [0.717, 1.165) is 47.5 Å². The number of amides is 1. The van der Waals surface area contributed by atoms with Crippen LogP contribution in [0.15, 0.2) is 67.3 Å². The molecule has 1 aliphatic rings. The Hall–Kier alpha value is -3.74. The summed E-state index contributed by atoms with van der Waals surface area (Å²) in [7, 11) is 1.85. The second kappa shape index (κ2) is 7.83. The average Bonchev–Trinajstić information content (AvgIpc) is 3.57. The minimum Gasteiger partial charge on any atom is -0.334 e. The van der Waals surface area contributed by atoms with E-state index in [4.69, 9.17) is 5.10 Å². The number of nitrogens with zero attached hydrogens (tertiary/aromatic N) is 6. The molecular weight excluding hydrogens is 388 g/mol. The highest BCUT2D eigenvalue weighted by molar-refractivity contribution is 5.94. The van der Waals surface area contributed by atoms with Crippen LogP contribution in [0.5, 0.6) is 0 Å². The largest absolute Gasteiger partial charge is 0.334 e. The summed E-state index contributed by atoms with van der Waals surface area (Å²) >= 11 is 0. The molecule has 2 aromatic carbocycles. The van der Waals surface area contributed by atoms with Crippen LogP contribution >= 0.6 is 0 Å². The zero-order valence-corrected chi connectivity index (χ0v) is 17.6. The van der Waals surface area contributed by atoms with Gasteiger partial charge in [0.2, 0.25) is 0 Å². The summed E-state index contributed by atoms with van der Waals surface area (Å²) in [5, 5.41) is 8.91. The van der Waals surface area contributed by atoms with Gasteiger partial charge in [-0.2, -0.15) is 10.2 Å². The molecule has 0 fully saturated rings.